The average Bonchev–Trinajstić information content (AvgIpc) is 3.38. The molecule has 2 unspecified atom stereocenters. The summed E-state index contributed by atoms with van der Waals surface area (Å²) in [5.41, 5.74) is 0. The number of hydrogen-bond acceptors (Lipinski definition) is 8. The Bertz CT molecular complexity index is 2040. The summed E-state index contributed by atoms with van der Waals surface area (Å²) in [6, 6.07) is 0. The van der Waals surface area contributed by atoms with Crippen LogP contribution in [-0.4, -0.2) is 82.3 Å². The number of carboxylic acids is 1. The van der Waals surface area contributed by atoms with Gasteiger partial charge >= 0.3 is 11.9 Å². The van der Waals surface area contributed by atoms with Crippen molar-refractivity contribution >= 4 is 17.9 Å². The van der Waals surface area contributed by atoms with E-state index in [2.05, 4.69) is 160 Å². The number of hydrogen-bond donors (Lipinski definition) is 0. The van der Waals surface area contributed by atoms with E-state index in [0.717, 1.165) is 116 Å². The lowest BCUT2D eigenvalue weighted by molar-refractivity contribution is -0.870. The Kier molecular flexibility index (Phi) is 69.2. The van der Waals surface area contributed by atoms with E-state index >= 15 is 0 Å². The molecular formula is C84H141NO8. The molecule has 0 aromatic heterocycles. The number of allylic oxidation sites excluding steroid dienone is 24. The third-order valence-electron chi connectivity index (χ3n) is 16.1. The Hall–Kier alpha value is -4.83. The van der Waals surface area contributed by atoms with Crippen molar-refractivity contribution in [2.24, 2.45) is 0 Å². The fourth-order valence-corrected chi connectivity index (χ4v) is 10.4. The molecule has 0 aliphatic rings. The summed E-state index contributed by atoms with van der Waals surface area (Å²) in [6.45, 7) is 4.54. The molecule has 0 saturated heterocycles. The lowest BCUT2D eigenvalue weighted by Gasteiger charge is -2.26. The molecule has 9 nitrogen and oxygen atoms in total. The zero-order valence-electron chi connectivity index (χ0n) is 60.6. The average molecular weight is 1290 g/mol. The molecule has 0 spiro atoms. The molecule has 0 amide bonds. The van der Waals surface area contributed by atoms with Gasteiger partial charge in [0.1, 0.15) is 13.2 Å². The largest absolute Gasteiger partial charge is 0.545 e. The molecule has 0 aromatic carbocycles. The summed E-state index contributed by atoms with van der Waals surface area (Å²) in [5, 5.41) is 11.9. The number of esters is 2. The van der Waals surface area contributed by atoms with Crippen molar-refractivity contribution in [3.8, 4) is 0 Å². The zero-order valence-corrected chi connectivity index (χ0v) is 60.6. The number of aliphatic carboxylic acids is 1. The highest BCUT2D eigenvalue weighted by atomic mass is 16.7. The predicted octanol–water partition coefficient (Wildman–Crippen LogP) is 22.9. The van der Waals surface area contributed by atoms with Crippen LogP contribution in [0.3, 0.4) is 0 Å². The molecule has 0 fully saturated rings. The van der Waals surface area contributed by atoms with Crippen molar-refractivity contribution in [1.82, 2.24) is 0 Å². The number of carbonyl (C=O) groups excluding carboxylic acids is 3. The quantitative estimate of drug-likeness (QED) is 0.0195. The highest BCUT2D eigenvalue weighted by molar-refractivity contribution is 5.70. The van der Waals surface area contributed by atoms with E-state index in [1.807, 2.05) is 21.1 Å². The van der Waals surface area contributed by atoms with Gasteiger partial charge in [-0.2, -0.15) is 0 Å². The van der Waals surface area contributed by atoms with Crippen molar-refractivity contribution in [3.05, 3.63) is 146 Å². The van der Waals surface area contributed by atoms with E-state index in [-0.39, 0.29) is 38.6 Å². The zero-order chi connectivity index (χ0) is 67.5. The number of carboxylic acid groups (broad SMARTS) is 1. The minimum atomic E-state index is -1.63. The lowest BCUT2D eigenvalue weighted by atomic mass is 10.0. The first-order valence-electron chi connectivity index (χ1n) is 38.0. The number of unbranched alkanes of at least 4 members (excludes halogenated alkanes) is 30. The van der Waals surface area contributed by atoms with E-state index < -0.39 is 24.3 Å². The minimum absolute atomic E-state index is 0.143. The van der Waals surface area contributed by atoms with Gasteiger partial charge < -0.3 is 33.3 Å². The maximum Gasteiger partial charge on any atom is 0.306 e. The lowest BCUT2D eigenvalue weighted by Crippen LogP contribution is -2.44. The number of likely N-dealkylation sites (N-methyl/N-ethyl adjacent to an activating group) is 1. The highest BCUT2D eigenvalue weighted by Crippen LogP contribution is 2.18. The maximum atomic E-state index is 13.0. The number of quaternary nitrogens is 1. The molecule has 530 valence electrons. The van der Waals surface area contributed by atoms with Crippen LogP contribution in [0.25, 0.3) is 0 Å². The third-order valence-corrected chi connectivity index (χ3v) is 16.1. The van der Waals surface area contributed by atoms with Crippen molar-refractivity contribution in [2.75, 3.05) is 47.5 Å². The van der Waals surface area contributed by atoms with Gasteiger partial charge in [-0.05, 0) is 116 Å². The molecular weight excluding hydrogens is 1150 g/mol. The van der Waals surface area contributed by atoms with E-state index in [1.54, 1.807) is 0 Å². The van der Waals surface area contributed by atoms with Gasteiger partial charge in [0, 0.05) is 12.8 Å². The summed E-state index contributed by atoms with van der Waals surface area (Å²) in [5.74, 6) is -2.28. The van der Waals surface area contributed by atoms with Crippen molar-refractivity contribution in [3.63, 3.8) is 0 Å². The minimum Gasteiger partial charge on any atom is -0.545 e. The van der Waals surface area contributed by atoms with Gasteiger partial charge in [0.25, 0.3) is 0 Å². The van der Waals surface area contributed by atoms with Gasteiger partial charge in [-0.3, -0.25) is 9.59 Å². The molecule has 0 bridgehead atoms. The summed E-state index contributed by atoms with van der Waals surface area (Å²) < 4.78 is 22.8. The Morgan fingerprint density at radius 3 is 0.860 bits per heavy atom. The van der Waals surface area contributed by atoms with Crippen LogP contribution in [0, 0.1) is 0 Å². The molecule has 0 heterocycles. The molecule has 9 heteroatoms. The predicted molar refractivity (Wildman–Crippen MR) is 398 cm³/mol. The second-order valence-electron chi connectivity index (χ2n) is 26.2. The molecule has 0 rings (SSSR count). The molecule has 93 heavy (non-hydrogen) atoms. The fraction of sp³-hybridized carbons (Fsp3) is 0.679. The monoisotopic (exact) mass is 1290 g/mol. The highest BCUT2D eigenvalue weighted by Gasteiger charge is 2.22. The van der Waals surface area contributed by atoms with Crippen molar-refractivity contribution < 1.29 is 42.9 Å². The van der Waals surface area contributed by atoms with Crippen molar-refractivity contribution in [1.29, 1.82) is 0 Å². The van der Waals surface area contributed by atoms with Gasteiger partial charge in [0.2, 0.25) is 0 Å². The van der Waals surface area contributed by atoms with Crippen molar-refractivity contribution in [2.45, 2.75) is 322 Å². The van der Waals surface area contributed by atoms with E-state index in [4.69, 9.17) is 18.9 Å². The molecule has 0 saturated carbocycles. The SMILES string of the molecule is CC/C=C\C/C=C\C/C=C\C/C=C\C/C=C\C/C=C\C/C=C\CCCCCCCCCCCCCCCCCCCC(=O)OC(COC(=O)CCCCCCCCCCCCCCC/C=C\C/C=C\C/C=C\C/C=C\C/C=C\CC)COC(OCC[N+](C)(C)C)C(=O)[O-]. The van der Waals surface area contributed by atoms with Gasteiger partial charge in [-0.1, -0.05) is 327 Å². The summed E-state index contributed by atoms with van der Waals surface area (Å²) >= 11 is 0. The van der Waals surface area contributed by atoms with E-state index in [0.29, 0.717) is 17.4 Å². The first-order chi connectivity index (χ1) is 45.6. The maximum absolute atomic E-state index is 13.0. The van der Waals surface area contributed by atoms with E-state index in [9.17, 15) is 19.5 Å². The van der Waals surface area contributed by atoms with Gasteiger partial charge in [0.05, 0.1) is 40.3 Å². The van der Waals surface area contributed by atoms with Crippen LogP contribution in [0.1, 0.15) is 309 Å². The van der Waals surface area contributed by atoms with Crippen LogP contribution in [0.15, 0.2) is 146 Å². The molecule has 2 atom stereocenters. The summed E-state index contributed by atoms with van der Waals surface area (Å²) in [4.78, 5) is 37.6. The number of ether oxygens (including phenoxy) is 4. The Morgan fingerprint density at radius 1 is 0.323 bits per heavy atom. The first kappa shape index (κ1) is 88.2. The van der Waals surface area contributed by atoms with Crippen LogP contribution in [0.5, 0.6) is 0 Å². The Labute approximate surface area is 572 Å². The second kappa shape index (κ2) is 73.0. The van der Waals surface area contributed by atoms with E-state index in [1.165, 1.54) is 161 Å². The van der Waals surface area contributed by atoms with Crippen LogP contribution >= 0.6 is 0 Å². The number of rotatable bonds is 69. The fourth-order valence-electron chi connectivity index (χ4n) is 10.4. The van der Waals surface area contributed by atoms with Gasteiger partial charge in [-0.25, -0.2) is 0 Å². The smallest absolute Gasteiger partial charge is 0.306 e. The van der Waals surface area contributed by atoms with Gasteiger partial charge in [-0.15, -0.1) is 0 Å². The van der Waals surface area contributed by atoms with Gasteiger partial charge in [0.15, 0.2) is 12.4 Å². The Balaban J connectivity index is 4.07. The normalized spacial score (nSPS) is 13.5. The first-order valence-corrected chi connectivity index (χ1v) is 38.0. The molecule has 0 aromatic rings. The van der Waals surface area contributed by atoms with Crippen LogP contribution < -0.4 is 5.11 Å². The topological polar surface area (TPSA) is 111 Å². The summed E-state index contributed by atoms with van der Waals surface area (Å²) in [6.07, 6.45) is 104. The molecule has 0 N–H and O–H groups in total. The van der Waals surface area contributed by atoms with Crippen LogP contribution in [0.2, 0.25) is 0 Å². The summed E-state index contributed by atoms with van der Waals surface area (Å²) in [7, 11) is 5.93. The molecule has 0 aliphatic heterocycles. The Morgan fingerprint density at radius 2 is 0.581 bits per heavy atom. The standard InChI is InChI=1S/C84H141NO8/c1-6-8-10-12-14-16-18-20-22-24-26-28-30-32-34-36-37-38-39-40-41-42-43-44-45-47-49-51-53-55-57-59-61-63-65-67-69-71-73-75-82(87)93-80(79-92-84(83(88)89)90-77-76-85(3,4)5)78-91-81(86)74-72-70-68-66-64-62-60-58-56-54-52-50-48-46-35-33-31-29-27-25-23-21-19-17-15-13-11-9-7-2/h8-11,14-17,20-23,26-29,32-35,37-38,40-41,80,84H,6-7,12-13,18-19,24-25,30-31,36,39,42-79H2,1-5H3/b10-8-,11-9-,16-14-,17-15-,22-20-,23-21-,28-26-,29-27-,34-32-,35-33-,38-37-,41-40-. The number of nitrogens with zero attached hydrogens (tertiary/aromatic N) is 1. The molecule has 0 aliphatic carbocycles. The molecule has 0 radical (unpaired) electrons. The van der Waals surface area contributed by atoms with Crippen LogP contribution in [0.4, 0.5) is 0 Å². The second-order valence-corrected chi connectivity index (χ2v) is 26.2. The number of carbonyl (C=O) groups is 3. The third kappa shape index (κ3) is 74.4. The van der Waals surface area contributed by atoms with Crippen LogP contribution in [-0.2, 0) is 33.3 Å².